The number of aliphatic hydroxyl groups is 1. The molecule has 0 heterocycles. The third-order valence-corrected chi connectivity index (χ3v) is 15.9. The number of ether oxygens (including phenoxy) is 1. The number of allylic oxidation sites excluding steroid dienone is 1. The fourth-order valence-electron chi connectivity index (χ4n) is 12.7. The number of esters is 1. The van der Waals surface area contributed by atoms with Crippen LogP contribution in [0.4, 0.5) is 0 Å². The summed E-state index contributed by atoms with van der Waals surface area (Å²) in [5.41, 5.74) is 1.83. The summed E-state index contributed by atoms with van der Waals surface area (Å²) in [5.74, 6) is 0.326. The highest BCUT2D eigenvalue weighted by molar-refractivity contribution is 6.30. The van der Waals surface area contributed by atoms with Crippen LogP contribution in [0.5, 0.6) is 0 Å². The van der Waals surface area contributed by atoms with Crippen LogP contribution in [0.2, 0.25) is 5.02 Å². The van der Waals surface area contributed by atoms with E-state index in [1.54, 1.807) is 13.8 Å². The first-order chi connectivity index (χ1) is 23.8. The number of aliphatic carboxylic acids is 1. The first kappa shape index (κ1) is 38.5. The van der Waals surface area contributed by atoms with Gasteiger partial charge < -0.3 is 20.3 Å². The standard InChI is InChI=1S/C43H62ClNO6/c1-25(2)36-31(46)21-43(34(47)24-45-23-27-10-9-11-28(44)20-27)19-18-41(7)30(37(36)43)12-13-33-40(6)16-15-32(26(3)29(40)14-17-42(33,41)8)51-35(48)22-39(4,5)38(49)50/h9-11,20,25-26,29-30,32-34,45,47H,12-19,21-24H2,1-8H3,(H,49,50)/t26-,29+,30-,32+,33-,34-,40+,41-,42-,43+/m1/s1. The summed E-state index contributed by atoms with van der Waals surface area (Å²) in [4.78, 5) is 38.6. The highest BCUT2D eigenvalue weighted by atomic mass is 35.5. The lowest BCUT2D eigenvalue weighted by molar-refractivity contribution is -0.218. The topological polar surface area (TPSA) is 113 Å². The minimum atomic E-state index is -1.15. The number of carboxylic acids is 1. The fraction of sp³-hybridized carbons (Fsp3) is 0.744. The Balaban J connectivity index is 1.24. The molecular weight excluding hydrogens is 662 g/mol. The Labute approximate surface area is 310 Å². The minimum absolute atomic E-state index is 0.00358. The fourth-order valence-corrected chi connectivity index (χ4v) is 12.9. The molecule has 0 aromatic heterocycles. The van der Waals surface area contributed by atoms with Gasteiger partial charge in [0.15, 0.2) is 5.78 Å². The lowest BCUT2D eigenvalue weighted by Gasteiger charge is -2.71. The summed E-state index contributed by atoms with van der Waals surface area (Å²) < 4.78 is 6.06. The second kappa shape index (κ2) is 13.6. The van der Waals surface area contributed by atoms with E-state index >= 15 is 0 Å². The van der Waals surface area contributed by atoms with Gasteiger partial charge in [0.2, 0.25) is 0 Å². The van der Waals surface area contributed by atoms with Gasteiger partial charge in [-0.3, -0.25) is 14.4 Å². The molecule has 282 valence electrons. The van der Waals surface area contributed by atoms with Crippen LogP contribution in [0.3, 0.4) is 0 Å². The van der Waals surface area contributed by atoms with Crippen LogP contribution < -0.4 is 5.32 Å². The van der Waals surface area contributed by atoms with E-state index in [9.17, 15) is 24.6 Å². The van der Waals surface area contributed by atoms with Crippen LogP contribution in [0.25, 0.3) is 0 Å². The zero-order valence-electron chi connectivity index (χ0n) is 32.2. The number of hydrogen-bond acceptors (Lipinski definition) is 6. The second-order valence-corrected chi connectivity index (χ2v) is 19.4. The van der Waals surface area contributed by atoms with Crippen LogP contribution in [0, 0.1) is 56.7 Å². The number of carboxylic acid groups (broad SMARTS) is 1. The number of nitrogens with one attached hydrogen (secondary N) is 1. The van der Waals surface area contributed by atoms with E-state index in [0.29, 0.717) is 36.4 Å². The van der Waals surface area contributed by atoms with Crippen LogP contribution in [-0.4, -0.2) is 46.7 Å². The third-order valence-electron chi connectivity index (χ3n) is 15.7. The van der Waals surface area contributed by atoms with Gasteiger partial charge in [-0.15, -0.1) is 0 Å². The summed E-state index contributed by atoms with van der Waals surface area (Å²) in [7, 11) is 0. The molecule has 4 fully saturated rings. The molecular formula is C43H62ClNO6. The molecule has 10 atom stereocenters. The summed E-state index contributed by atoms with van der Waals surface area (Å²) in [6.07, 6.45) is 7.32. The number of hydrogen-bond donors (Lipinski definition) is 3. The Bertz CT molecular complexity index is 1590. The van der Waals surface area contributed by atoms with Gasteiger partial charge in [0.1, 0.15) is 6.10 Å². The Morgan fingerprint density at radius 3 is 2.43 bits per heavy atom. The van der Waals surface area contributed by atoms with E-state index in [2.05, 4.69) is 46.9 Å². The van der Waals surface area contributed by atoms with Crippen molar-refractivity contribution in [3.05, 3.63) is 46.0 Å². The minimum Gasteiger partial charge on any atom is -0.481 e. The van der Waals surface area contributed by atoms with E-state index < -0.39 is 28.9 Å². The molecule has 0 aliphatic heterocycles. The van der Waals surface area contributed by atoms with E-state index in [-0.39, 0.29) is 52.3 Å². The Morgan fingerprint density at radius 2 is 1.76 bits per heavy atom. The molecule has 0 radical (unpaired) electrons. The van der Waals surface area contributed by atoms with Crippen molar-refractivity contribution in [3.8, 4) is 0 Å². The molecule has 0 spiro atoms. The van der Waals surface area contributed by atoms with Crippen LogP contribution in [0.15, 0.2) is 35.4 Å². The average molecular weight is 724 g/mol. The molecule has 5 aliphatic carbocycles. The number of ketones is 1. The largest absolute Gasteiger partial charge is 0.481 e. The number of Topliss-reactive ketones (excluding diaryl/α,β-unsaturated/α-hetero) is 1. The van der Waals surface area contributed by atoms with E-state index in [1.807, 2.05) is 24.3 Å². The maximum Gasteiger partial charge on any atom is 0.309 e. The third kappa shape index (κ3) is 6.23. The summed E-state index contributed by atoms with van der Waals surface area (Å²) >= 11 is 6.23. The Hall–Kier alpha value is -2.22. The van der Waals surface area contributed by atoms with Gasteiger partial charge in [-0.05, 0) is 134 Å². The molecule has 6 rings (SSSR count). The van der Waals surface area contributed by atoms with Crippen molar-refractivity contribution in [2.24, 2.45) is 56.7 Å². The number of fused-ring (bicyclic) bond motifs is 7. The molecule has 0 saturated heterocycles. The van der Waals surface area contributed by atoms with E-state index in [1.165, 1.54) is 5.57 Å². The molecule has 0 bridgehead atoms. The summed E-state index contributed by atoms with van der Waals surface area (Å²) in [5, 5.41) is 25.9. The summed E-state index contributed by atoms with van der Waals surface area (Å²) in [6, 6.07) is 7.79. The highest BCUT2D eigenvalue weighted by Gasteiger charge is 2.69. The predicted octanol–water partition coefficient (Wildman–Crippen LogP) is 8.79. The van der Waals surface area contributed by atoms with Gasteiger partial charge in [0.05, 0.1) is 17.9 Å². The van der Waals surface area contributed by atoms with Crippen molar-refractivity contribution in [3.63, 3.8) is 0 Å². The van der Waals surface area contributed by atoms with Gasteiger partial charge in [0, 0.05) is 29.9 Å². The van der Waals surface area contributed by atoms with Crippen molar-refractivity contribution >= 4 is 29.3 Å². The van der Waals surface area contributed by atoms with Crippen molar-refractivity contribution in [2.45, 2.75) is 138 Å². The zero-order chi connectivity index (χ0) is 37.3. The smallest absolute Gasteiger partial charge is 0.309 e. The molecule has 4 saturated carbocycles. The average Bonchev–Trinajstić information content (AvgIpc) is 3.36. The molecule has 0 unspecified atom stereocenters. The maximum absolute atomic E-state index is 14.0. The summed E-state index contributed by atoms with van der Waals surface area (Å²) in [6.45, 7) is 18.3. The molecule has 51 heavy (non-hydrogen) atoms. The zero-order valence-corrected chi connectivity index (χ0v) is 33.0. The van der Waals surface area contributed by atoms with Gasteiger partial charge >= 0.3 is 11.9 Å². The van der Waals surface area contributed by atoms with Crippen molar-refractivity contribution in [1.82, 2.24) is 5.32 Å². The van der Waals surface area contributed by atoms with Crippen molar-refractivity contribution < 1.29 is 29.3 Å². The number of carbonyl (C=O) groups excluding carboxylic acids is 2. The van der Waals surface area contributed by atoms with E-state index in [4.69, 9.17) is 16.3 Å². The lowest BCUT2D eigenvalue weighted by Crippen LogP contribution is -2.65. The van der Waals surface area contributed by atoms with Gasteiger partial charge in [0.25, 0.3) is 0 Å². The Kier molecular flexibility index (Phi) is 10.2. The molecule has 1 aromatic rings. The highest BCUT2D eigenvalue weighted by Crippen LogP contribution is 2.76. The van der Waals surface area contributed by atoms with Crippen molar-refractivity contribution in [2.75, 3.05) is 6.54 Å². The molecule has 8 heteroatoms. The van der Waals surface area contributed by atoms with Gasteiger partial charge in [-0.25, -0.2) is 0 Å². The molecule has 3 N–H and O–H groups in total. The monoisotopic (exact) mass is 723 g/mol. The number of halogens is 1. The van der Waals surface area contributed by atoms with Gasteiger partial charge in [-0.1, -0.05) is 70.8 Å². The quantitative estimate of drug-likeness (QED) is 0.207. The van der Waals surface area contributed by atoms with Crippen LogP contribution in [0.1, 0.15) is 125 Å². The van der Waals surface area contributed by atoms with Crippen molar-refractivity contribution in [1.29, 1.82) is 0 Å². The molecule has 1 aromatic carbocycles. The van der Waals surface area contributed by atoms with Gasteiger partial charge in [-0.2, -0.15) is 0 Å². The van der Waals surface area contributed by atoms with Crippen LogP contribution in [-0.2, 0) is 25.7 Å². The number of aliphatic hydroxyl groups excluding tert-OH is 1. The SMILES string of the molecule is CC(C)C1=C2[C@H]3CC[C@@H]4[C@@]5(C)CC[C@H](OC(=O)CC(C)(C)C(=O)O)[C@H](C)[C@@H]5CC[C@@]4(C)[C@]3(C)CC[C@@]2([C@H](O)CNCc2cccc(Cl)c2)CC1=O. The normalized spacial score (nSPS) is 38.4. The molecule has 7 nitrogen and oxygen atoms in total. The number of rotatable bonds is 10. The lowest BCUT2D eigenvalue weighted by atomic mass is 9.34. The number of carbonyl (C=O) groups is 3. The van der Waals surface area contributed by atoms with E-state index in [0.717, 1.165) is 62.5 Å². The maximum atomic E-state index is 14.0. The van der Waals surface area contributed by atoms with Crippen LogP contribution >= 0.6 is 11.6 Å². The predicted molar refractivity (Wildman–Crippen MR) is 200 cm³/mol. The molecule has 5 aliphatic rings. The number of benzene rings is 1. The Morgan fingerprint density at radius 1 is 1.04 bits per heavy atom. The first-order valence-corrected chi connectivity index (χ1v) is 20.0. The molecule has 0 amide bonds. The first-order valence-electron chi connectivity index (χ1n) is 19.6. The second-order valence-electron chi connectivity index (χ2n) is 19.0.